The van der Waals surface area contributed by atoms with Crippen LogP contribution in [0.5, 0.6) is 5.75 Å². The van der Waals surface area contributed by atoms with Crippen LogP contribution in [0.25, 0.3) is 0 Å². The number of benzene rings is 2. The smallest absolute Gasteiger partial charge is 0.257 e. The number of aryl methyl sites for hydroxylation is 1. The van der Waals surface area contributed by atoms with Crippen LogP contribution < -0.4 is 15.4 Å². The third-order valence-electron chi connectivity index (χ3n) is 3.82. The molecule has 5 nitrogen and oxygen atoms in total. The van der Waals surface area contributed by atoms with Gasteiger partial charge in [0.15, 0.2) is 11.6 Å². The first-order chi connectivity index (χ1) is 13.0. The van der Waals surface area contributed by atoms with Gasteiger partial charge in [-0.15, -0.1) is 0 Å². The fourth-order valence-corrected chi connectivity index (χ4v) is 2.44. The number of carbonyl (C=O) groups is 1. The van der Waals surface area contributed by atoms with Gasteiger partial charge >= 0.3 is 0 Å². The predicted molar refractivity (Wildman–Crippen MR) is 99.6 cm³/mol. The standard InChI is InChI=1S/C20H17F2N3O2/c1-12-3-7-18(27-2)17(9-12)25-19-8-4-13(11-23-19)20(26)24-14-5-6-15(21)16(22)10-14/h3-11H,1-2H3,(H,23,25)(H,24,26). The van der Waals surface area contributed by atoms with E-state index in [9.17, 15) is 13.6 Å². The van der Waals surface area contributed by atoms with Crippen LogP contribution in [0.1, 0.15) is 15.9 Å². The van der Waals surface area contributed by atoms with Crippen LogP contribution in [0.2, 0.25) is 0 Å². The summed E-state index contributed by atoms with van der Waals surface area (Å²) in [6.45, 7) is 1.96. The van der Waals surface area contributed by atoms with E-state index in [1.54, 1.807) is 19.2 Å². The van der Waals surface area contributed by atoms with Gasteiger partial charge < -0.3 is 15.4 Å². The van der Waals surface area contributed by atoms with Crippen molar-refractivity contribution in [2.45, 2.75) is 6.92 Å². The first-order valence-corrected chi connectivity index (χ1v) is 8.10. The number of carbonyl (C=O) groups excluding carboxylic acids is 1. The van der Waals surface area contributed by atoms with Gasteiger partial charge in [0.25, 0.3) is 5.91 Å². The molecule has 0 aliphatic heterocycles. The molecule has 1 amide bonds. The molecule has 0 bridgehead atoms. The predicted octanol–water partition coefficient (Wildman–Crippen LogP) is 4.67. The number of amides is 1. The van der Waals surface area contributed by atoms with E-state index in [1.165, 1.54) is 12.3 Å². The number of aromatic nitrogens is 1. The summed E-state index contributed by atoms with van der Waals surface area (Å²) in [6, 6.07) is 12.1. The maximum Gasteiger partial charge on any atom is 0.257 e. The monoisotopic (exact) mass is 369 g/mol. The van der Waals surface area contributed by atoms with Crippen molar-refractivity contribution in [3.8, 4) is 5.75 Å². The van der Waals surface area contributed by atoms with E-state index in [4.69, 9.17) is 4.74 Å². The van der Waals surface area contributed by atoms with E-state index in [-0.39, 0.29) is 11.3 Å². The van der Waals surface area contributed by atoms with Crippen LogP contribution in [-0.2, 0) is 0 Å². The number of halogens is 2. The van der Waals surface area contributed by atoms with Gasteiger partial charge in [-0.05, 0) is 48.9 Å². The number of ether oxygens (including phenoxy) is 1. The number of hydrogen-bond donors (Lipinski definition) is 2. The van der Waals surface area contributed by atoms with Crippen molar-refractivity contribution in [3.05, 3.63) is 77.5 Å². The van der Waals surface area contributed by atoms with Crippen LogP contribution in [0, 0.1) is 18.6 Å². The molecular formula is C20H17F2N3O2. The minimum atomic E-state index is -1.03. The number of hydrogen-bond acceptors (Lipinski definition) is 4. The number of nitrogens with zero attached hydrogens (tertiary/aromatic N) is 1. The van der Waals surface area contributed by atoms with Gasteiger partial charge in [-0.1, -0.05) is 6.07 Å². The molecule has 1 heterocycles. The van der Waals surface area contributed by atoms with E-state index in [0.29, 0.717) is 11.6 Å². The molecule has 2 aromatic carbocycles. The Morgan fingerprint density at radius 1 is 1.04 bits per heavy atom. The summed E-state index contributed by atoms with van der Waals surface area (Å²) in [5, 5.41) is 5.63. The first-order valence-electron chi connectivity index (χ1n) is 8.10. The Morgan fingerprint density at radius 2 is 1.85 bits per heavy atom. The second kappa shape index (κ2) is 7.82. The zero-order chi connectivity index (χ0) is 19.4. The summed E-state index contributed by atoms with van der Waals surface area (Å²) < 4.78 is 31.5. The highest BCUT2D eigenvalue weighted by atomic mass is 19.2. The van der Waals surface area contributed by atoms with Gasteiger partial charge in [-0.2, -0.15) is 0 Å². The van der Waals surface area contributed by atoms with Gasteiger partial charge in [0.2, 0.25) is 0 Å². The topological polar surface area (TPSA) is 63.2 Å². The Labute approximate surface area is 155 Å². The molecule has 1 aromatic heterocycles. The third kappa shape index (κ3) is 4.38. The summed E-state index contributed by atoms with van der Waals surface area (Å²) in [6.07, 6.45) is 1.39. The molecule has 0 radical (unpaired) electrons. The molecule has 0 saturated carbocycles. The van der Waals surface area contributed by atoms with Crippen LogP contribution >= 0.6 is 0 Å². The van der Waals surface area contributed by atoms with E-state index in [2.05, 4.69) is 15.6 Å². The Balaban J connectivity index is 1.72. The maximum absolute atomic E-state index is 13.2. The lowest BCUT2D eigenvalue weighted by atomic mass is 10.2. The van der Waals surface area contributed by atoms with Crippen LogP contribution in [0.4, 0.5) is 26.0 Å². The SMILES string of the molecule is COc1ccc(C)cc1Nc1ccc(C(=O)Nc2ccc(F)c(F)c2)cn1. The van der Waals surface area contributed by atoms with E-state index in [1.807, 2.05) is 25.1 Å². The minimum Gasteiger partial charge on any atom is -0.495 e. The van der Waals surface area contributed by atoms with Crippen molar-refractivity contribution in [2.24, 2.45) is 0 Å². The second-order valence-corrected chi connectivity index (χ2v) is 5.84. The quantitative estimate of drug-likeness (QED) is 0.686. The zero-order valence-electron chi connectivity index (χ0n) is 14.7. The van der Waals surface area contributed by atoms with Crippen molar-refractivity contribution < 1.29 is 18.3 Å². The molecule has 0 atom stereocenters. The number of anilines is 3. The van der Waals surface area contributed by atoms with Gasteiger partial charge in [0.1, 0.15) is 11.6 Å². The third-order valence-corrected chi connectivity index (χ3v) is 3.82. The van der Waals surface area contributed by atoms with Gasteiger partial charge in [-0.25, -0.2) is 13.8 Å². The highest BCUT2D eigenvalue weighted by molar-refractivity contribution is 6.04. The molecule has 138 valence electrons. The molecule has 0 unspecified atom stereocenters. The second-order valence-electron chi connectivity index (χ2n) is 5.84. The number of rotatable bonds is 5. The average Bonchev–Trinajstić information content (AvgIpc) is 2.65. The summed E-state index contributed by atoms with van der Waals surface area (Å²) in [4.78, 5) is 16.4. The van der Waals surface area contributed by atoms with Crippen molar-refractivity contribution in [1.82, 2.24) is 4.98 Å². The molecule has 0 aliphatic carbocycles. The van der Waals surface area contributed by atoms with Crippen LogP contribution in [0.15, 0.2) is 54.7 Å². The van der Waals surface area contributed by atoms with Gasteiger partial charge in [0, 0.05) is 18.0 Å². The summed E-state index contributed by atoms with van der Waals surface area (Å²) in [5.41, 5.74) is 2.25. The lowest BCUT2D eigenvalue weighted by Crippen LogP contribution is -2.12. The number of methoxy groups -OCH3 is 1. The molecular weight excluding hydrogens is 352 g/mol. The molecule has 0 saturated heterocycles. The molecule has 27 heavy (non-hydrogen) atoms. The molecule has 0 aliphatic rings. The summed E-state index contributed by atoms with van der Waals surface area (Å²) in [7, 11) is 1.58. The number of nitrogens with one attached hydrogen (secondary N) is 2. The first kappa shape index (κ1) is 18.3. The van der Waals surface area contributed by atoms with Crippen molar-refractivity contribution in [1.29, 1.82) is 0 Å². The minimum absolute atomic E-state index is 0.158. The Kier molecular flexibility index (Phi) is 5.30. The van der Waals surface area contributed by atoms with Crippen LogP contribution in [-0.4, -0.2) is 18.0 Å². The summed E-state index contributed by atoms with van der Waals surface area (Å²) in [5.74, 6) is -1.28. The fourth-order valence-electron chi connectivity index (χ4n) is 2.44. The average molecular weight is 369 g/mol. The lowest BCUT2D eigenvalue weighted by molar-refractivity contribution is 0.102. The number of pyridine rings is 1. The summed E-state index contributed by atoms with van der Waals surface area (Å²) >= 11 is 0. The van der Waals surface area contributed by atoms with Gasteiger partial charge in [0.05, 0.1) is 18.4 Å². The van der Waals surface area contributed by atoms with Crippen molar-refractivity contribution in [3.63, 3.8) is 0 Å². The molecule has 2 N–H and O–H groups in total. The van der Waals surface area contributed by atoms with Crippen LogP contribution in [0.3, 0.4) is 0 Å². The molecule has 3 rings (SSSR count). The van der Waals surface area contributed by atoms with Crippen molar-refractivity contribution >= 4 is 23.1 Å². The van der Waals surface area contributed by atoms with E-state index < -0.39 is 17.5 Å². The Morgan fingerprint density at radius 3 is 2.52 bits per heavy atom. The Hall–Kier alpha value is -3.48. The maximum atomic E-state index is 13.2. The lowest BCUT2D eigenvalue weighted by Gasteiger charge is -2.12. The fraction of sp³-hybridized carbons (Fsp3) is 0.100. The van der Waals surface area contributed by atoms with Crippen molar-refractivity contribution in [2.75, 3.05) is 17.7 Å². The molecule has 7 heteroatoms. The highest BCUT2D eigenvalue weighted by Crippen LogP contribution is 2.28. The normalized spacial score (nSPS) is 10.4. The highest BCUT2D eigenvalue weighted by Gasteiger charge is 2.10. The van der Waals surface area contributed by atoms with Gasteiger partial charge in [-0.3, -0.25) is 4.79 Å². The van der Waals surface area contributed by atoms with E-state index in [0.717, 1.165) is 23.4 Å². The van der Waals surface area contributed by atoms with E-state index >= 15 is 0 Å². The largest absolute Gasteiger partial charge is 0.495 e. The molecule has 3 aromatic rings. The Bertz CT molecular complexity index is 975. The molecule has 0 spiro atoms. The molecule has 0 fully saturated rings. The zero-order valence-corrected chi connectivity index (χ0v) is 14.7.